The van der Waals surface area contributed by atoms with E-state index in [9.17, 15) is 4.79 Å². The molecular formula is C11H16OS. The van der Waals surface area contributed by atoms with Crippen LogP contribution in [0.25, 0.3) is 0 Å². The van der Waals surface area contributed by atoms with E-state index in [1.54, 1.807) is 12.2 Å². The van der Waals surface area contributed by atoms with E-state index in [4.69, 9.17) is 12.2 Å². The van der Waals surface area contributed by atoms with Gasteiger partial charge in [0.2, 0.25) is 0 Å². The third-order valence-corrected chi connectivity index (χ3v) is 2.85. The summed E-state index contributed by atoms with van der Waals surface area (Å²) in [5.74, 6) is 1.25. The number of allylic oxidation sites excluding steroid dienone is 2. The summed E-state index contributed by atoms with van der Waals surface area (Å²) < 4.78 is 0. The van der Waals surface area contributed by atoms with Gasteiger partial charge in [0, 0.05) is 17.2 Å². The van der Waals surface area contributed by atoms with Gasteiger partial charge in [-0.05, 0) is 24.5 Å². The molecule has 1 atom stereocenters. The molecule has 13 heavy (non-hydrogen) atoms. The summed E-state index contributed by atoms with van der Waals surface area (Å²) >= 11 is 5.19. The Morgan fingerprint density at radius 2 is 2.23 bits per heavy atom. The lowest BCUT2D eigenvalue weighted by Crippen LogP contribution is -2.19. The molecule has 1 unspecified atom stereocenters. The Morgan fingerprint density at radius 3 is 2.85 bits per heavy atom. The van der Waals surface area contributed by atoms with E-state index < -0.39 is 0 Å². The minimum atomic E-state index is 0.224. The minimum Gasteiger partial charge on any atom is -0.295 e. The average Bonchev–Trinajstić information content (AvgIpc) is 2.06. The van der Waals surface area contributed by atoms with Crippen molar-refractivity contribution in [3.05, 3.63) is 12.2 Å². The van der Waals surface area contributed by atoms with Crippen molar-refractivity contribution >= 4 is 22.9 Å². The number of rotatable bonds is 3. The van der Waals surface area contributed by atoms with Crippen LogP contribution < -0.4 is 0 Å². The lowest BCUT2D eigenvalue weighted by atomic mass is 9.87. The van der Waals surface area contributed by atoms with Crippen molar-refractivity contribution < 1.29 is 4.79 Å². The molecule has 72 valence electrons. The first-order chi connectivity index (χ1) is 6.09. The van der Waals surface area contributed by atoms with Crippen molar-refractivity contribution in [3.63, 3.8) is 0 Å². The fraction of sp³-hybridized carbons (Fsp3) is 0.636. The Morgan fingerprint density at radius 1 is 1.54 bits per heavy atom. The van der Waals surface area contributed by atoms with E-state index in [0.717, 1.165) is 17.7 Å². The first-order valence-electron chi connectivity index (χ1n) is 4.84. The van der Waals surface area contributed by atoms with Crippen molar-refractivity contribution in [3.8, 4) is 0 Å². The van der Waals surface area contributed by atoms with Gasteiger partial charge in [-0.15, -0.1) is 0 Å². The van der Waals surface area contributed by atoms with Crippen LogP contribution in [-0.2, 0) is 4.79 Å². The molecule has 0 aliphatic heterocycles. The molecule has 1 rings (SSSR count). The zero-order valence-corrected chi connectivity index (χ0v) is 9.06. The summed E-state index contributed by atoms with van der Waals surface area (Å²) in [7, 11) is 0. The maximum absolute atomic E-state index is 11.1. The summed E-state index contributed by atoms with van der Waals surface area (Å²) in [4.78, 5) is 12.1. The van der Waals surface area contributed by atoms with Crippen LogP contribution in [0.4, 0.5) is 0 Å². The van der Waals surface area contributed by atoms with Gasteiger partial charge in [0.25, 0.3) is 0 Å². The standard InChI is InChI=1S/C11H16OS/c1-8(2)3-4-9-7-10(12)5-6-11(9)13/h5-6,8-9H,3-4,7H2,1-2H3. The largest absolute Gasteiger partial charge is 0.295 e. The zero-order chi connectivity index (χ0) is 9.84. The van der Waals surface area contributed by atoms with Crippen LogP contribution in [0.3, 0.4) is 0 Å². The van der Waals surface area contributed by atoms with Crippen molar-refractivity contribution in [1.29, 1.82) is 0 Å². The van der Waals surface area contributed by atoms with Gasteiger partial charge in [-0.25, -0.2) is 0 Å². The fourth-order valence-electron chi connectivity index (χ4n) is 1.50. The lowest BCUT2D eigenvalue weighted by molar-refractivity contribution is -0.115. The number of carbonyl (C=O) groups is 1. The second-order valence-corrected chi connectivity index (χ2v) is 4.55. The molecule has 0 saturated carbocycles. The summed E-state index contributed by atoms with van der Waals surface area (Å²) in [5.41, 5.74) is 0. The Kier molecular flexibility index (Phi) is 3.79. The second kappa shape index (κ2) is 4.66. The van der Waals surface area contributed by atoms with E-state index in [2.05, 4.69) is 13.8 Å². The monoisotopic (exact) mass is 196 g/mol. The maximum atomic E-state index is 11.1. The average molecular weight is 196 g/mol. The van der Waals surface area contributed by atoms with E-state index in [1.165, 1.54) is 0 Å². The van der Waals surface area contributed by atoms with Crippen LogP contribution in [0.15, 0.2) is 12.2 Å². The third-order valence-electron chi connectivity index (χ3n) is 2.38. The zero-order valence-electron chi connectivity index (χ0n) is 8.25. The van der Waals surface area contributed by atoms with Crippen LogP contribution >= 0.6 is 12.2 Å². The Bertz CT molecular complexity index is 240. The van der Waals surface area contributed by atoms with Gasteiger partial charge in [-0.2, -0.15) is 0 Å². The highest BCUT2D eigenvalue weighted by molar-refractivity contribution is 7.80. The molecule has 0 amide bonds. The molecule has 0 aromatic rings. The van der Waals surface area contributed by atoms with Gasteiger partial charge >= 0.3 is 0 Å². The van der Waals surface area contributed by atoms with Gasteiger partial charge in [-0.1, -0.05) is 32.5 Å². The van der Waals surface area contributed by atoms with Gasteiger partial charge in [-0.3, -0.25) is 4.79 Å². The highest BCUT2D eigenvalue weighted by Crippen LogP contribution is 2.21. The van der Waals surface area contributed by atoms with Crippen molar-refractivity contribution in [2.45, 2.75) is 33.1 Å². The summed E-state index contributed by atoms with van der Waals surface area (Å²) in [6.45, 7) is 4.40. The Labute approximate surface area is 85.2 Å². The molecule has 0 N–H and O–H groups in total. The summed E-state index contributed by atoms with van der Waals surface area (Å²) in [5, 5.41) is 0. The summed E-state index contributed by atoms with van der Waals surface area (Å²) in [6.07, 6.45) is 6.25. The second-order valence-electron chi connectivity index (χ2n) is 4.07. The molecule has 0 saturated heterocycles. The first-order valence-corrected chi connectivity index (χ1v) is 5.25. The van der Waals surface area contributed by atoms with Crippen molar-refractivity contribution in [2.75, 3.05) is 0 Å². The molecule has 0 spiro atoms. The molecule has 0 bridgehead atoms. The minimum absolute atomic E-state index is 0.224. The predicted octanol–water partition coefficient (Wildman–Crippen LogP) is 2.94. The van der Waals surface area contributed by atoms with Gasteiger partial charge in [0.05, 0.1) is 0 Å². The van der Waals surface area contributed by atoms with Gasteiger partial charge in [0.1, 0.15) is 0 Å². The quantitative estimate of drug-likeness (QED) is 0.646. The smallest absolute Gasteiger partial charge is 0.156 e. The maximum Gasteiger partial charge on any atom is 0.156 e. The highest BCUT2D eigenvalue weighted by Gasteiger charge is 2.19. The lowest BCUT2D eigenvalue weighted by Gasteiger charge is -2.18. The number of carbonyl (C=O) groups excluding carboxylic acids is 1. The topological polar surface area (TPSA) is 17.1 Å². The molecule has 1 aliphatic rings. The van der Waals surface area contributed by atoms with E-state index in [0.29, 0.717) is 18.3 Å². The SMILES string of the molecule is CC(C)CCC1CC(=O)C=CC1=S. The molecule has 0 aromatic heterocycles. The number of hydrogen-bond donors (Lipinski definition) is 0. The van der Waals surface area contributed by atoms with Crippen LogP contribution in [0.2, 0.25) is 0 Å². The van der Waals surface area contributed by atoms with E-state index >= 15 is 0 Å². The molecule has 0 heterocycles. The molecule has 0 fully saturated rings. The third kappa shape index (κ3) is 3.39. The molecule has 0 aromatic carbocycles. The fourth-order valence-corrected chi connectivity index (χ4v) is 1.77. The molecule has 1 aliphatic carbocycles. The van der Waals surface area contributed by atoms with Crippen LogP contribution in [0, 0.1) is 11.8 Å². The van der Waals surface area contributed by atoms with E-state index in [-0.39, 0.29) is 5.78 Å². The van der Waals surface area contributed by atoms with Crippen LogP contribution in [0.1, 0.15) is 33.1 Å². The highest BCUT2D eigenvalue weighted by atomic mass is 32.1. The van der Waals surface area contributed by atoms with E-state index in [1.807, 2.05) is 0 Å². The number of ketones is 1. The molecule has 1 nitrogen and oxygen atoms in total. The molecule has 2 heteroatoms. The van der Waals surface area contributed by atoms with Crippen LogP contribution in [0.5, 0.6) is 0 Å². The first kappa shape index (κ1) is 10.6. The Hall–Kier alpha value is -0.500. The number of thiocarbonyl (C=S) groups is 1. The van der Waals surface area contributed by atoms with Gasteiger partial charge in [0.15, 0.2) is 5.78 Å². The number of hydrogen-bond acceptors (Lipinski definition) is 2. The van der Waals surface area contributed by atoms with Gasteiger partial charge < -0.3 is 0 Å². The van der Waals surface area contributed by atoms with Crippen molar-refractivity contribution in [2.24, 2.45) is 11.8 Å². The van der Waals surface area contributed by atoms with Crippen molar-refractivity contribution in [1.82, 2.24) is 0 Å². The van der Waals surface area contributed by atoms with Crippen LogP contribution in [-0.4, -0.2) is 10.6 Å². The predicted molar refractivity (Wildman–Crippen MR) is 58.9 cm³/mol. The molecular weight excluding hydrogens is 180 g/mol. The summed E-state index contributed by atoms with van der Waals surface area (Å²) in [6, 6.07) is 0. The molecule has 0 radical (unpaired) electrons. The normalized spacial score (nSPS) is 22.8. The Balaban J connectivity index is 2.46.